The third kappa shape index (κ3) is 2.74. The molecule has 0 radical (unpaired) electrons. The van der Waals surface area contributed by atoms with Crippen LogP contribution in [0.1, 0.15) is 25.7 Å². The fourth-order valence-electron chi connectivity index (χ4n) is 2.62. The van der Waals surface area contributed by atoms with Crippen LogP contribution in [0.4, 0.5) is 4.79 Å². The van der Waals surface area contributed by atoms with Gasteiger partial charge in [-0.2, -0.15) is 11.8 Å². The van der Waals surface area contributed by atoms with Gasteiger partial charge in [0, 0.05) is 24.4 Å². The second kappa shape index (κ2) is 5.38. The Morgan fingerprint density at radius 3 is 2.50 bits per heavy atom. The topological polar surface area (TPSA) is 69.6 Å². The van der Waals surface area contributed by atoms with Gasteiger partial charge in [-0.1, -0.05) is 12.8 Å². The standard InChI is InChI=1S/C12H20N2O3S/c1-18-12(4-2-3-5-12)8-13-11(17)14-6-9(7-14)10(15)16/h9H,2-8H2,1H3,(H,13,17)(H,15,16). The summed E-state index contributed by atoms with van der Waals surface area (Å²) in [6.07, 6.45) is 6.89. The molecule has 0 unspecified atom stereocenters. The Bertz CT molecular complexity index is 336. The predicted molar refractivity (Wildman–Crippen MR) is 70.8 cm³/mol. The van der Waals surface area contributed by atoms with Gasteiger partial charge in [-0.15, -0.1) is 0 Å². The monoisotopic (exact) mass is 272 g/mol. The van der Waals surface area contributed by atoms with Crippen LogP contribution >= 0.6 is 11.8 Å². The van der Waals surface area contributed by atoms with Crippen LogP contribution in [0.5, 0.6) is 0 Å². The highest BCUT2D eigenvalue weighted by Gasteiger charge is 2.37. The van der Waals surface area contributed by atoms with E-state index in [-0.39, 0.29) is 16.7 Å². The van der Waals surface area contributed by atoms with Crippen molar-refractivity contribution in [2.24, 2.45) is 5.92 Å². The number of rotatable bonds is 4. The summed E-state index contributed by atoms with van der Waals surface area (Å²) >= 11 is 1.84. The molecular weight excluding hydrogens is 252 g/mol. The second-order valence-corrected chi connectivity index (χ2v) is 6.47. The van der Waals surface area contributed by atoms with Crippen molar-refractivity contribution in [1.82, 2.24) is 10.2 Å². The van der Waals surface area contributed by atoms with Crippen molar-refractivity contribution in [3.8, 4) is 0 Å². The van der Waals surface area contributed by atoms with Crippen LogP contribution < -0.4 is 5.32 Å². The van der Waals surface area contributed by atoms with Crippen LogP contribution in [0.2, 0.25) is 0 Å². The SMILES string of the molecule is CSC1(CNC(=O)N2CC(C(=O)O)C2)CCCC1. The van der Waals surface area contributed by atoms with Crippen LogP contribution in [-0.2, 0) is 4.79 Å². The zero-order chi connectivity index (χ0) is 13.2. The molecule has 2 N–H and O–H groups in total. The summed E-state index contributed by atoms with van der Waals surface area (Å²) in [5, 5.41) is 11.7. The van der Waals surface area contributed by atoms with E-state index in [2.05, 4.69) is 11.6 Å². The van der Waals surface area contributed by atoms with Crippen molar-refractivity contribution >= 4 is 23.8 Å². The normalized spacial score (nSPS) is 22.6. The highest BCUT2D eigenvalue weighted by molar-refractivity contribution is 8.00. The third-order valence-electron chi connectivity index (χ3n) is 4.03. The molecule has 2 aliphatic rings. The summed E-state index contributed by atoms with van der Waals surface area (Å²) in [4.78, 5) is 24.0. The minimum Gasteiger partial charge on any atom is -0.481 e. The molecule has 0 aromatic rings. The Kier molecular flexibility index (Phi) is 4.04. The number of aliphatic carboxylic acids is 1. The predicted octanol–water partition coefficient (Wildman–Crippen LogP) is 1.39. The molecule has 102 valence electrons. The molecule has 0 aromatic heterocycles. The second-order valence-electron chi connectivity index (χ2n) is 5.19. The lowest BCUT2D eigenvalue weighted by atomic mass is 10.0. The zero-order valence-corrected chi connectivity index (χ0v) is 11.5. The summed E-state index contributed by atoms with van der Waals surface area (Å²) in [6, 6.07) is -0.118. The smallest absolute Gasteiger partial charge is 0.317 e. The maximum Gasteiger partial charge on any atom is 0.317 e. The molecule has 1 aliphatic heterocycles. The van der Waals surface area contributed by atoms with Gasteiger partial charge >= 0.3 is 12.0 Å². The van der Waals surface area contributed by atoms with Crippen molar-refractivity contribution < 1.29 is 14.7 Å². The van der Waals surface area contributed by atoms with E-state index in [0.717, 1.165) is 12.8 Å². The molecule has 1 aliphatic carbocycles. The summed E-state index contributed by atoms with van der Waals surface area (Å²) < 4.78 is 0.201. The maximum absolute atomic E-state index is 11.8. The van der Waals surface area contributed by atoms with E-state index in [9.17, 15) is 9.59 Å². The van der Waals surface area contributed by atoms with Crippen molar-refractivity contribution in [1.29, 1.82) is 0 Å². The van der Waals surface area contributed by atoms with Gasteiger partial charge in [0.25, 0.3) is 0 Å². The van der Waals surface area contributed by atoms with Crippen molar-refractivity contribution in [3.05, 3.63) is 0 Å². The summed E-state index contributed by atoms with van der Waals surface area (Å²) in [6.45, 7) is 1.38. The number of urea groups is 1. The van der Waals surface area contributed by atoms with E-state index in [0.29, 0.717) is 19.6 Å². The van der Waals surface area contributed by atoms with Gasteiger partial charge in [0.15, 0.2) is 0 Å². The Morgan fingerprint density at radius 2 is 2.00 bits per heavy atom. The number of amides is 2. The van der Waals surface area contributed by atoms with E-state index in [1.807, 2.05) is 11.8 Å². The van der Waals surface area contributed by atoms with Gasteiger partial charge < -0.3 is 15.3 Å². The van der Waals surface area contributed by atoms with Gasteiger partial charge in [0.1, 0.15) is 0 Å². The molecule has 6 heteroatoms. The van der Waals surface area contributed by atoms with Gasteiger partial charge in [-0.25, -0.2) is 4.79 Å². The molecule has 2 rings (SSSR count). The van der Waals surface area contributed by atoms with Crippen LogP contribution in [0.25, 0.3) is 0 Å². The number of nitrogens with one attached hydrogen (secondary N) is 1. The molecule has 2 fully saturated rings. The highest BCUT2D eigenvalue weighted by atomic mass is 32.2. The first-order valence-electron chi connectivity index (χ1n) is 6.37. The number of carboxylic acid groups (broad SMARTS) is 1. The molecule has 0 spiro atoms. The van der Waals surface area contributed by atoms with E-state index in [1.165, 1.54) is 12.8 Å². The fraction of sp³-hybridized carbons (Fsp3) is 0.833. The van der Waals surface area contributed by atoms with Crippen LogP contribution in [0.3, 0.4) is 0 Å². The number of carbonyl (C=O) groups excluding carboxylic acids is 1. The molecule has 0 bridgehead atoms. The zero-order valence-electron chi connectivity index (χ0n) is 10.6. The number of carbonyl (C=O) groups is 2. The van der Waals surface area contributed by atoms with Gasteiger partial charge in [0.2, 0.25) is 0 Å². The lowest BCUT2D eigenvalue weighted by Crippen LogP contribution is -2.57. The molecule has 5 nitrogen and oxygen atoms in total. The number of hydrogen-bond donors (Lipinski definition) is 2. The molecular formula is C12H20N2O3S. The van der Waals surface area contributed by atoms with Crippen molar-refractivity contribution in [2.45, 2.75) is 30.4 Å². The Morgan fingerprint density at radius 1 is 1.39 bits per heavy atom. The number of carboxylic acids is 1. The molecule has 2 amide bonds. The Labute approximate surface area is 111 Å². The molecule has 1 heterocycles. The molecule has 0 atom stereocenters. The number of thioether (sulfide) groups is 1. The molecule has 1 saturated carbocycles. The minimum absolute atomic E-state index is 0.118. The van der Waals surface area contributed by atoms with Crippen LogP contribution in [0.15, 0.2) is 0 Å². The van der Waals surface area contributed by atoms with E-state index in [4.69, 9.17) is 5.11 Å². The first-order chi connectivity index (χ1) is 8.56. The average Bonchev–Trinajstić information content (AvgIpc) is 2.73. The quantitative estimate of drug-likeness (QED) is 0.811. The molecule has 0 aromatic carbocycles. The van der Waals surface area contributed by atoms with Crippen molar-refractivity contribution in [3.63, 3.8) is 0 Å². The summed E-state index contributed by atoms with van der Waals surface area (Å²) in [5.41, 5.74) is 0. The first-order valence-corrected chi connectivity index (χ1v) is 7.59. The third-order valence-corrected chi connectivity index (χ3v) is 5.45. The van der Waals surface area contributed by atoms with Crippen molar-refractivity contribution in [2.75, 3.05) is 25.9 Å². The highest BCUT2D eigenvalue weighted by Crippen LogP contribution is 2.39. The lowest BCUT2D eigenvalue weighted by molar-refractivity contribution is -0.146. The fourth-order valence-corrected chi connectivity index (χ4v) is 3.53. The van der Waals surface area contributed by atoms with Crippen LogP contribution in [-0.4, -0.2) is 52.6 Å². The first kappa shape index (κ1) is 13.5. The molecule has 18 heavy (non-hydrogen) atoms. The van der Waals surface area contributed by atoms with E-state index in [1.54, 1.807) is 4.90 Å². The number of hydrogen-bond acceptors (Lipinski definition) is 3. The Balaban J connectivity index is 1.74. The Hall–Kier alpha value is -0.910. The average molecular weight is 272 g/mol. The summed E-state index contributed by atoms with van der Waals surface area (Å²) in [7, 11) is 0. The van der Waals surface area contributed by atoms with Gasteiger partial charge in [-0.05, 0) is 19.1 Å². The largest absolute Gasteiger partial charge is 0.481 e. The van der Waals surface area contributed by atoms with Gasteiger partial charge in [-0.3, -0.25) is 4.79 Å². The number of likely N-dealkylation sites (tertiary alicyclic amines) is 1. The van der Waals surface area contributed by atoms with E-state index < -0.39 is 5.97 Å². The summed E-state index contributed by atoms with van der Waals surface area (Å²) in [5.74, 6) is -1.19. The van der Waals surface area contributed by atoms with E-state index >= 15 is 0 Å². The van der Waals surface area contributed by atoms with Gasteiger partial charge in [0.05, 0.1) is 5.92 Å². The maximum atomic E-state index is 11.8. The number of nitrogens with zero attached hydrogens (tertiary/aromatic N) is 1. The minimum atomic E-state index is -0.810. The molecule has 1 saturated heterocycles. The van der Waals surface area contributed by atoms with Crippen LogP contribution in [0, 0.1) is 5.92 Å². The lowest BCUT2D eigenvalue weighted by Gasteiger charge is -2.37.